The van der Waals surface area contributed by atoms with E-state index in [9.17, 15) is 8.78 Å². The lowest BCUT2D eigenvalue weighted by Gasteiger charge is -2.19. The van der Waals surface area contributed by atoms with Crippen LogP contribution in [0.15, 0.2) is 18.2 Å². The molecule has 0 aromatic heterocycles. The molecule has 1 aliphatic heterocycles. The van der Waals surface area contributed by atoms with Crippen LogP contribution in [0.1, 0.15) is 12.8 Å². The molecule has 0 spiro atoms. The summed E-state index contributed by atoms with van der Waals surface area (Å²) in [7, 11) is 0. The highest BCUT2D eigenvalue weighted by Crippen LogP contribution is 2.29. The minimum atomic E-state index is -2.76. The van der Waals surface area contributed by atoms with Crippen LogP contribution in [0.2, 0.25) is 0 Å². The average molecular weight is 339 g/mol. The number of hydrogen-bond donors (Lipinski definition) is 0. The average Bonchev–Trinajstić information content (AvgIpc) is 2.69. The van der Waals surface area contributed by atoms with Crippen molar-refractivity contribution in [2.45, 2.75) is 19.5 Å². The van der Waals surface area contributed by atoms with Gasteiger partial charge in [-0.2, -0.15) is 8.78 Å². The molecule has 2 nitrogen and oxygen atoms in total. The summed E-state index contributed by atoms with van der Waals surface area (Å²) >= 11 is 2.16. The summed E-state index contributed by atoms with van der Waals surface area (Å²) in [6.45, 7) is -0.663. The van der Waals surface area contributed by atoms with Gasteiger partial charge in [-0.15, -0.1) is 0 Å². The zero-order valence-electron chi connectivity index (χ0n) is 8.63. The van der Waals surface area contributed by atoms with E-state index in [0.717, 1.165) is 22.3 Å². The first kappa shape index (κ1) is 11.9. The Hall–Kier alpha value is -0.590. The van der Waals surface area contributed by atoms with Crippen molar-refractivity contribution in [3.63, 3.8) is 0 Å². The summed E-state index contributed by atoms with van der Waals surface area (Å²) in [5, 5.41) is 0. The molecular weight excluding hydrogens is 327 g/mol. The Morgan fingerprint density at radius 2 is 1.94 bits per heavy atom. The molecule has 1 saturated heterocycles. The zero-order chi connectivity index (χ0) is 11.5. The number of anilines is 1. The van der Waals surface area contributed by atoms with Gasteiger partial charge in [-0.3, -0.25) is 0 Å². The highest BCUT2D eigenvalue weighted by molar-refractivity contribution is 14.1. The topological polar surface area (TPSA) is 12.5 Å². The minimum absolute atomic E-state index is 0.224. The van der Waals surface area contributed by atoms with Gasteiger partial charge in [-0.05, 0) is 53.6 Å². The van der Waals surface area contributed by atoms with Crippen molar-refractivity contribution in [1.82, 2.24) is 0 Å². The van der Waals surface area contributed by atoms with Crippen molar-refractivity contribution in [2.24, 2.45) is 0 Å². The molecule has 5 heteroatoms. The van der Waals surface area contributed by atoms with Crippen LogP contribution < -0.4 is 9.64 Å². The van der Waals surface area contributed by atoms with Crippen molar-refractivity contribution < 1.29 is 13.5 Å². The Kier molecular flexibility index (Phi) is 3.83. The van der Waals surface area contributed by atoms with Gasteiger partial charge in [0.1, 0.15) is 5.75 Å². The smallest absolute Gasteiger partial charge is 0.387 e. The maximum Gasteiger partial charge on any atom is 0.387 e. The summed E-state index contributed by atoms with van der Waals surface area (Å²) in [5.74, 6) is 0.224. The van der Waals surface area contributed by atoms with Gasteiger partial charge < -0.3 is 9.64 Å². The van der Waals surface area contributed by atoms with Gasteiger partial charge >= 0.3 is 6.61 Å². The van der Waals surface area contributed by atoms with E-state index in [0.29, 0.717) is 0 Å². The van der Waals surface area contributed by atoms with Crippen LogP contribution in [0, 0.1) is 3.57 Å². The van der Waals surface area contributed by atoms with Crippen LogP contribution in [-0.2, 0) is 0 Å². The largest absolute Gasteiger partial charge is 0.435 e. The number of ether oxygens (including phenoxy) is 1. The second kappa shape index (κ2) is 5.16. The lowest BCUT2D eigenvalue weighted by atomic mass is 10.3. The molecule has 1 aromatic rings. The molecule has 0 bridgehead atoms. The van der Waals surface area contributed by atoms with Gasteiger partial charge in [0.2, 0.25) is 0 Å². The van der Waals surface area contributed by atoms with Crippen LogP contribution in [0.5, 0.6) is 5.75 Å². The maximum atomic E-state index is 12.0. The van der Waals surface area contributed by atoms with E-state index in [2.05, 4.69) is 32.2 Å². The highest BCUT2D eigenvalue weighted by atomic mass is 127. The molecule has 0 atom stereocenters. The number of hydrogen-bond acceptors (Lipinski definition) is 2. The first-order chi connectivity index (χ1) is 7.66. The number of nitrogens with zero attached hydrogens (tertiary/aromatic N) is 1. The van der Waals surface area contributed by atoms with Crippen molar-refractivity contribution in [3.05, 3.63) is 21.8 Å². The first-order valence-corrected chi connectivity index (χ1v) is 6.24. The van der Waals surface area contributed by atoms with Crippen molar-refractivity contribution >= 4 is 28.3 Å². The second-order valence-corrected chi connectivity index (χ2v) is 4.85. The third kappa shape index (κ3) is 2.75. The van der Waals surface area contributed by atoms with Gasteiger partial charge in [-0.25, -0.2) is 0 Å². The zero-order valence-corrected chi connectivity index (χ0v) is 10.8. The quantitative estimate of drug-likeness (QED) is 0.782. The molecule has 1 aromatic carbocycles. The molecule has 0 N–H and O–H groups in total. The molecule has 0 amide bonds. The Bertz CT molecular complexity index is 367. The van der Waals surface area contributed by atoms with Crippen LogP contribution in [0.25, 0.3) is 0 Å². The lowest BCUT2D eigenvalue weighted by Crippen LogP contribution is -2.18. The van der Waals surface area contributed by atoms with Gasteiger partial charge in [0.25, 0.3) is 0 Å². The third-order valence-corrected chi connectivity index (χ3v) is 3.46. The fourth-order valence-corrected chi connectivity index (χ4v) is 2.71. The Morgan fingerprint density at radius 1 is 1.25 bits per heavy atom. The molecule has 0 saturated carbocycles. The van der Waals surface area contributed by atoms with Crippen molar-refractivity contribution in [3.8, 4) is 5.75 Å². The van der Waals surface area contributed by atoms with E-state index in [-0.39, 0.29) is 5.75 Å². The maximum absolute atomic E-state index is 12.0. The fraction of sp³-hybridized carbons (Fsp3) is 0.455. The molecule has 1 fully saturated rings. The third-order valence-electron chi connectivity index (χ3n) is 2.59. The van der Waals surface area contributed by atoms with Gasteiger partial charge in [-0.1, -0.05) is 0 Å². The van der Waals surface area contributed by atoms with E-state index >= 15 is 0 Å². The fourth-order valence-electron chi connectivity index (χ4n) is 1.88. The number of benzene rings is 1. The van der Waals surface area contributed by atoms with Crippen LogP contribution in [-0.4, -0.2) is 19.7 Å². The predicted octanol–water partition coefficient (Wildman–Crippen LogP) is 3.49. The summed E-state index contributed by atoms with van der Waals surface area (Å²) in [4.78, 5) is 2.27. The predicted molar refractivity (Wildman–Crippen MR) is 67.2 cm³/mol. The summed E-state index contributed by atoms with van der Waals surface area (Å²) in [5.41, 5.74) is 1.11. The number of rotatable bonds is 3. The molecule has 0 aliphatic carbocycles. The van der Waals surface area contributed by atoms with Gasteiger partial charge in [0, 0.05) is 16.7 Å². The van der Waals surface area contributed by atoms with E-state index < -0.39 is 6.61 Å². The molecule has 1 heterocycles. The van der Waals surface area contributed by atoms with Crippen LogP contribution in [0.4, 0.5) is 14.5 Å². The minimum Gasteiger partial charge on any atom is -0.435 e. The molecule has 88 valence electrons. The second-order valence-electron chi connectivity index (χ2n) is 3.69. The van der Waals surface area contributed by atoms with Crippen molar-refractivity contribution in [2.75, 3.05) is 18.0 Å². The van der Waals surface area contributed by atoms with E-state index in [1.54, 1.807) is 12.1 Å². The number of halogens is 3. The van der Waals surface area contributed by atoms with Crippen LogP contribution >= 0.6 is 22.6 Å². The molecule has 2 rings (SSSR count). The normalized spacial score (nSPS) is 15.9. The van der Waals surface area contributed by atoms with E-state index in [1.165, 1.54) is 12.8 Å². The monoisotopic (exact) mass is 339 g/mol. The van der Waals surface area contributed by atoms with E-state index in [1.807, 2.05) is 6.07 Å². The Morgan fingerprint density at radius 3 is 2.50 bits per heavy atom. The Balaban J connectivity index is 2.15. The highest BCUT2D eigenvalue weighted by Gasteiger charge is 2.15. The Labute approximate surface area is 107 Å². The van der Waals surface area contributed by atoms with Gasteiger partial charge in [0.05, 0.1) is 5.69 Å². The standard InChI is InChI=1S/C11H12F2INO/c12-11(13)16-8-3-4-10(9(14)7-8)15-5-1-2-6-15/h3-4,7,11H,1-2,5-6H2. The van der Waals surface area contributed by atoms with Gasteiger partial charge in [0.15, 0.2) is 0 Å². The van der Waals surface area contributed by atoms with E-state index in [4.69, 9.17) is 0 Å². The number of alkyl halides is 2. The molecule has 0 radical (unpaired) electrons. The SMILES string of the molecule is FC(F)Oc1ccc(N2CCCC2)c(I)c1. The summed E-state index contributed by atoms with van der Waals surface area (Å²) in [6, 6.07) is 5.10. The summed E-state index contributed by atoms with van der Waals surface area (Å²) < 4.78 is 29.3. The summed E-state index contributed by atoms with van der Waals surface area (Å²) in [6.07, 6.45) is 2.40. The molecule has 0 unspecified atom stereocenters. The lowest BCUT2D eigenvalue weighted by molar-refractivity contribution is -0.0498. The molecule has 16 heavy (non-hydrogen) atoms. The van der Waals surface area contributed by atoms with Crippen molar-refractivity contribution in [1.29, 1.82) is 0 Å². The molecule has 1 aliphatic rings. The molecular formula is C11H12F2INO. The van der Waals surface area contributed by atoms with Crippen LogP contribution in [0.3, 0.4) is 0 Å². The first-order valence-electron chi connectivity index (χ1n) is 5.16.